The fraction of sp³-hybridized carbons (Fsp3) is 0.455. The average Bonchev–Trinajstić information content (AvgIpc) is 3.39. The Morgan fingerprint density at radius 1 is 1.07 bits per heavy atom. The number of aromatic nitrogens is 1. The minimum Gasteiger partial charge on any atom is -0.445 e. The summed E-state index contributed by atoms with van der Waals surface area (Å²) in [5, 5.41) is 0. The van der Waals surface area contributed by atoms with Gasteiger partial charge in [-0.25, -0.2) is 9.78 Å². The van der Waals surface area contributed by atoms with Gasteiger partial charge >= 0.3 is 6.09 Å². The molecule has 0 radical (unpaired) electrons. The third-order valence-corrected chi connectivity index (χ3v) is 5.59. The molecule has 2 saturated heterocycles. The van der Waals surface area contributed by atoms with Crippen molar-refractivity contribution in [3.05, 3.63) is 59.3 Å². The zero-order valence-corrected chi connectivity index (χ0v) is 15.9. The van der Waals surface area contributed by atoms with Gasteiger partial charge in [0.2, 0.25) is 0 Å². The number of pyridine rings is 1. The largest absolute Gasteiger partial charge is 0.445 e. The van der Waals surface area contributed by atoms with Crippen molar-refractivity contribution in [1.82, 2.24) is 9.88 Å². The van der Waals surface area contributed by atoms with Crippen LogP contribution in [0.4, 0.5) is 10.6 Å². The number of likely N-dealkylation sites (tertiary alicyclic amines) is 1. The predicted octanol–water partition coefficient (Wildman–Crippen LogP) is 4.46. The van der Waals surface area contributed by atoms with E-state index in [1.165, 1.54) is 12.8 Å². The lowest BCUT2D eigenvalue weighted by Crippen LogP contribution is -2.31. The Morgan fingerprint density at radius 2 is 1.85 bits per heavy atom. The highest BCUT2D eigenvalue weighted by molar-refractivity contribution is 5.69. The Balaban J connectivity index is 1.45. The standard InChI is InChI=1S/C22H27N3O2/c1-17-19(11-12-21(23-17)24-13-5-6-14-24)20-10-7-15-25(20)22(26)27-16-18-8-3-2-4-9-18/h2-4,8-9,11-12,20H,5-7,10,13-16H2,1H3/t20-/m1/s1. The van der Waals surface area contributed by atoms with Crippen molar-refractivity contribution in [3.8, 4) is 0 Å². The van der Waals surface area contributed by atoms with Crippen LogP contribution in [0.5, 0.6) is 0 Å². The van der Waals surface area contributed by atoms with Crippen LogP contribution in [-0.2, 0) is 11.3 Å². The Hall–Kier alpha value is -2.56. The van der Waals surface area contributed by atoms with Crippen molar-refractivity contribution in [2.75, 3.05) is 24.5 Å². The molecule has 142 valence electrons. The molecule has 2 aromatic rings. The van der Waals surface area contributed by atoms with E-state index in [0.717, 1.165) is 55.1 Å². The van der Waals surface area contributed by atoms with Crippen molar-refractivity contribution in [2.45, 2.75) is 45.3 Å². The zero-order valence-electron chi connectivity index (χ0n) is 15.9. The van der Waals surface area contributed by atoms with Crippen molar-refractivity contribution < 1.29 is 9.53 Å². The molecular formula is C22H27N3O2. The highest BCUT2D eigenvalue weighted by Gasteiger charge is 2.32. The number of aryl methyl sites for hydroxylation is 1. The average molecular weight is 365 g/mol. The molecule has 0 spiro atoms. The van der Waals surface area contributed by atoms with Crippen molar-refractivity contribution >= 4 is 11.9 Å². The fourth-order valence-corrected chi connectivity index (χ4v) is 4.14. The lowest BCUT2D eigenvalue weighted by atomic mass is 10.0. The molecule has 0 aliphatic carbocycles. The summed E-state index contributed by atoms with van der Waals surface area (Å²) in [5.74, 6) is 1.06. The molecule has 4 rings (SSSR count). The molecule has 1 amide bonds. The smallest absolute Gasteiger partial charge is 0.410 e. The quantitative estimate of drug-likeness (QED) is 0.802. The van der Waals surface area contributed by atoms with E-state index in [9.17, 15) is 4.79 Å². The number of amides is 1. The van der Waals surface area contributed by atoms with Crippen LogP contribution >= 0.6 is 0 Å². The number of rotatable bonds is 4. The molecule has 0 N–H and O–H groups in total. The number of hydrogen-bond acceptors (Lipinski definition) is 4. The van der Waals surface area contributed by atoms with E-state index in [-0.39, 0.29) is 12.1 Å². The second-order valence-corrected chi connectivity index (χ2v) is 7.43. The van der Waals surface area contributed by atoms with Crippen LogP contribution in [0.25, 0.3) is 0 Å². The highest BCUT2D eigenvalue weighted by atomic mass is 16.6. The maximum Gasteiger partial charge on any atom is 0.410 e. The molecule has 5 nitrogen and oxygen atoms in total. The molecule has 1 atom stereocenters. The number of ether oxygens (including phenoxy) is 1. The van der Waals surface area contributed by atoms with E-state index < -0.39 is 0 Å². The first-order valence-corrected chi connectivity index (χ1v) is 9.92. The van der Waals surface area contributed by atoms with E-state index in [1.54, 1.807) is 0 Å². The normalized spacial score (nSPS) is 19.5. The van der Waals surface area contributed by atoms with Gasteiger partial charge in [0.25, 0.3) is 0 Å². The van der Waals surface area contributed by atoms with Gasteiger partial charge in [-0.15, -0.1) is 0 Å². The SMILES string of the molecule is Cc1nc(N2CCCC2)ccc1[C@H]1CCCN1C(=O)OCc1ccccc1. The van der Waals surface area contributed by atoms with Crippen molar-refractivity contribution in [3.63, 3.8) is 0 Å². The van der Waals surface area contributed by atoms with Crippen LogP contribution < -0.4 is 4.90 Å². The van der Waals surface area contributed by atoms with E-state index in [0.29, 0.717) is 6.61 Å². The Labute approximate surface area is 161 Å². The highest BCUT2D eigenvalue weighted by Crippen LogP contribution is 2.35. The van der Waals surface area contributed by atoms with E-state index in [1.807, 2.05) is 35.2 Å². The number of benzene rings is 1. The molecule has 2 aliphatic heterocycles. The molecule has 0 unspecified atom stereocenters. The van der Waals surface area contributed by atoms with Crippen LogP contribution in [0, 0.1) is 6.92 Å². The summed E-state index contributed by atoms with van der Waals surface area (Å²) in [6.45, 7) is 5.29. The van der Waals surface area contributed by atoms with Crippen molar-refractivity contribution in [1.29, 1.82) is 0 Å². The number of hydrogen-bond donors (Lipinski definition) is 0. The van der Waals surface area contributed by atoms with Crippen LogP contribution in [0.15, 0.2) is 42.5 Å². The number of carbonyl (C=O) groups excluding carboxylic acids is 1. The lowest BCUT2D eigenvalue weighted by molar-refractivity contribution is 0.0919. The molecule has 2 aliphatic rings. The number of carbonyl (C=O) groups is 1. The minimum absolute atomic E-state index is 0.0633. The first-order valence-electron chi connectivity index (χ1n) is 9.92. The lowest BCUT2D eigenvalue weighted by Gasteiger charge is -2.26. The zero-order chi connectivity index (χ0) is 18.6. The van der Waals surface area contributed by atoms with Crippen LogP contribution in [0.2, 0.25) is 0 Å². The molecular weight excluding hydrogens is 338 g/mol. The topological polar surface area (TPSA) is 45.7 Å². The molecule has 5 heteroatoms. The first kappa shape index (κ1) is 17.8. The van der Waals surface area contributed by atoms with Gasteiger partial charge in [-0.3, -0.25) is 0 Å². The summed E-state index contributed by atoms with van der Waals surface area (Å²) in [7, 11) is 0. The second-order valence-electron chi connectivity index (χ2n) is 7.43. The number of anilines is 1. The van der Waals surface area contributed by atoms with Gasteiger partial charge in [-0.05, 0) is 49.8 Å². The Morgan fingerprint density at radius 3 is 2.59 bits per heavy atom. The van der Waals surface area contributed by atoms with Crippen LogP contribution in [0.1, 0.15) is 48.5 Å². The predicted molar refractivity (Wildman–Crippen MR) is 106 cm³/mol. The van der Waals surface area contributed by atoms with Gasteiger partial charge in [0, 0.05) is 25.3 Å². The van der Waals surface area contributed by atoms with E-state index in [4.69, 9.17) is 9.72 Å². The monoisotopic (exact) mass is 365 g/mol. The van der Waals surface area contributed by atoms with Crippen molar-refractivity contribution in [2.24, 2.45) is 0 Å². The molecule has 3 heterocycles. The first-order chi connectivity index (χ1) is 13.2. The molecule has 0 saturated carbocycles. The molecule has 0 bridgehead atoms. The Kier molecular flexibility index (Phi) is 5.28. The summed E-state index contributed by atoms with van der Waals surface area (Å²) in [4.78, 5) is 21.7. The molecule has 1 aromatic heterocycles. The van der Waals surface area contributed by atoms with Crippen LogP contribution in [-0.4, -0.2) is 35.6 Å². The van der Waals surface area contributed by atoms with Gasteiger partial charge in [0.15, 0.2) is 0 Å². The summed E-state index contributed by atoms with van der Waals surface area (Å²) < 4.78 is 5.57. The summed E-state index contributed by atoms with van der Waals surface area (Å²) in [5.41, 5.74) is 3.17. The third-order valence-electron chi connectivity index (χ3n) is 5.59. The summed E-state index contributed by atoms with van der Waals surface area (Å²) in [6.07, 6.45) is 4.22. The third kappa shape index (κ3) is 3.92. The van der Waals surface area contributed by atoms with E-state index >= 15 is 0 Å². The maximum atomic E-state index is 12.7. The van der Waals surface area contributed by atoms with Gasteiger partial charge in [0.1, 0.15) is 12.4 Å². The molecule has 2 fully saturated rings. The van der Waals surface area contributed by atoms with Crippen LogP contribution in [0.3, 0.4) is 0 Å². The second kappa shape index (κ2) is 7.99. The number of nitrogens with zero attached hydrogens (tertiary/aromatic N) is 3. The van der Waals surface area contributed by atoms with Gasteiger partial charge < -0.3 is 14.5 Å². The molecule has 27 heavy (non-hydrogen) atoms. The van der Waals surface area contributed by atoms with Gasteiger partial charge in [-0.1, -0.05) is 36.4 Å². The summed E-state index contributed by atoms with van der Waals surface area (Å²) in [6, 6.07) is 14.2. The van der Waals surface area contributed by atoms with E-state index in [2.05, 4.69) is 24.0 Å². The molecule has 1 aromatic carbocycles. The maximum absolute atomic E-state index is 12.7. The summed E-state index contributed by atoms with van der Waals surface area (Å²) >= 11 is 0. The fourth-order valence-electron chi connectivity index (χ4n) is 4.14. The minimum atomic E-state index is -0.232. The van der Waals surface area contributed by atoms with Gasteiger partial charge in [-0.2, -0.15) is 0 Å². The Bertz CT molecular complexity index is 787. The van der Waals surface area contributed by atoms with Gasteiger partial charge in [0.05, 0.1) is 6.04 Å².